The van der Waals surface area contributed by atoms with Gasteiger partial charge in [-0.1, -0.05) is 47.1 Å². The summed E-state index contributed by atoms with van der Waals surface area (Å²) in [5.41, 5.74) is 6.80. The van der Waals surface area contributed by atoms with Crippen molar-refractivity contribution < 1.29 is 9.63 Å². The lowest BCUT2D eigenvalue weighted by molar-refractivity contribution is 0.282. The van der Waals surface area contributed by atoms with E-state index in [1.807, 2.05) is 35.9 Å². The lowest BCUT2D eigenvalue weighted by atomic mass is 10.0. The third kappa shape index (κ3) is 3.52. The first-order valence-electron chi connectivity index (χ1n) is 8.75. The number of aliphatic hydroxyl groups is 1. The third-order valence-electron chi connectivity index (χ3n) is 4.58. The van der Waals surface area contributed by atoms with E-state index in [4.69, 9.17) is 9.62 Å². The van der Waals surface area contributed by atoms with Gasteiger partial charge in [0.15, 0.2) is 0 Å². The van der Waals surface area contributed by atoms with E-state index in [1.54, 1.807) is 0 Å². The molecule has 0 saturated carbocycles. The first-order chi connectivity index (χ1) is 13.1. The van der Waals surface area contributed by atoms with Gasteiger partial charge in [0.25, 0.3) is 0 Å². The summed E-state index contributed by atoms with van der Waals surface area (Å²) < 4.78 is 6.88. The van der Waals surface area contributed by atoms with E-state index in [1.165, 1.54) is 17.5 Å². The van der Waals surface area contributed by atoms with Gasteiger partial charge in [0, 0.05) is 16.8 Å². The van der Waals surface area contributed by atoms with Crippen LogP contribution in [0.25, 0.3) is 22.6 Å². The molecule has 4 aromatic rings. The van der Waals surface area contributed by atoms with Gasteiger partial charge in [-0.3, -0.25) is 4.68 Å². The number of nitrogens with zero attached hydrogens (tertiary/aromatic N) is 4. The van der Waals surface area contributed by atoms with E-state index < -0.39 is 0 Å². The molecule has 27 heavy (non-hydrogen) atoms. The number of rotatable bonds is 5. The Balaban J connectivity index is 1.74. The lowest BCUT2D eigenvalue weighted by Crippen LogP contribution is -2.04. The van der Waals surface area contributed by atoms with Crippen molar-refractivity contribution in [2.75, 3.05) is 0 Å². The number of aromatic nitrogens is 4. The van der Waals surface area contributed by atoms with Gasteiger partial charge in [-0.2, -0.15) is 10.1 Å². The molecule has 0 atom stereocenters. The van der Waals surface area contributed by atoms with Gasteiger partial charge in [0.1, 0.15) is 0 Å². The van der Waals surface area contributed by atoms with Crippen molar-refractivity contribution in [1.82, 2.24) is 19.9 Å². The van der Waals surface area contributed by atoms with Crippen LogP contribution in [-0.2, 0) is 13.2 Å². The molecule has 4 rings (SSSR count). The summed E-state index contributed by atoms with van der Waals surface area (Å²) >= 11 is 0. The predicted molar refractivity (Wildman–Crippen MR) is 102 cm³/mol. The molecule has 0 fully saturated rings. The fourth-order valence-electron chi connectivity index (χ4n) is 3.05. The van der Waals surface area contributed by atoms with Crippen LogP contribution in [0.1, 0.15) is 22.4 Å². The summed E-state index contributed by atoms with van der Waals surface area (Å²) in [5, 5.41) is 18.3. The van der Waals surface area contributed by atoms with Crippen LogP contribution >= 0.6 is 0 Å². The molecule has 6 heteroatoms. The quantitative estimate of drug-likeness (QED) is 0.586. The topological polar surface area (TPSA) is 77.0 Å². The molecular formula is C21H20N4O2. The molecule has 0 amide bonds. The summed E-state index contributed by atoms with van der Waals surface area (Å²) in [6.45, 7) is 4.77. The molecule has 2 aromatic heterocycles. The highest BCUT2D eigenvalue weighted by atomic mass is 16.5. The van der Waals surface area contributed by atoms with Crippen molar-refractivity contribution in [2.45, 2.75) is 27.0 Å². The van der Waals surface area contributed by atoms with Gasteiger partial charge in [-0.05, 0) is 37.1 Å². The van der Waals surface area contributed by atoms with E-state index in [9.17, 15) is 5.11 Å². The van der Waals surface area contributed by atoms with Gasteiger partial charge in [0.2, 0.25) is 12.2 Å². The Kier molecular flexibility index (Phi) is 4.56. The van der Waals surface area contributed by atoms with Crippen molar-refractivity contribution in [1.29, 1.82) is 0 Å². The average Bonchev–Trinajstić information content (AvgIpc) is 3.33. The molecule has 2 heterocycles. The maximum absolute atomic E-state index is 9.53. The lowest BCUT2D eigenvalue weighted by Gasteiger charge is -2.07. The molecule has 6 nitrogen and oxygen atoms in total. The summed E-state index contributed by atoms with van der Waals surface area (Å²) in [6, 6.07) is 16.1. The number of aryl methyl sites for hydroxylation is 2. The minimum atomic E-state index is -0.0391. The van der Waals surface area contributed by atoms with Crippen molar-refractivity contribution in [3.05, 3.63) is 77.3 Å². The van der Waals surface area contributed by atoms with Crippen molar-refractivity contribution >= 4 is 0 Å². The van der Waals surface area contributed by atoms with Gasteiger partial charge >= 0.3 is 0 Å². The van der Waals surface area contributed by atoms with E-state index >= 15 is 0 Å². The Morgan fingerprint density at radius 1 is 0.963 bits per heavy atom. The van der Waals surface area contributed by atoms with Crippen LogP contribution in [0.5, 0.6) is 0 Å². The Labute approximate surface area is 157 Å². The van der Waals surface area contributed by atoms with Crippen LogP contribution in [0.4, 0.5) is 0 Å². The maximum atomic E-state index is 9.53. The van der Waals surface area contributed by atoms with Crippen LogP contribution in [0.3, 0.4) is 0 Å². The minimum absolute atomic E-state index is 0.0391. The van der Waals surface area contributed by atoms with Crippen LogP contribution in [-0.4, -0.2) is 25.0 Å². The van der Waals surface area contributed by atoms with E-state index in [-0.39, 0.29) is 6.61 Å². The summed E-state index contributed by atoms with van der Waals surface area (Å²) in [6.07, 6.45) is 1.31. The molecule has 0 radical (unpaired) electrons. The first-order valence-corrected chi connectivity index (χ1v) is 8.75. The summed E-state index contributed by atoms with van der Waals surface area (Å²) in [4.78, 5) is 4.16. The monoisotopic (exact) mass is 360 g/mol. The first kappa shape index (κ1) is 17.2. The second kappa shape index (κ2) is 7.17. The van der Waals surface area contributed by atoms with Crippen LogP contribution in [0.15, 0.2) is 59.4 Å². The van der Waals surface area contributed by atoms with Gasteiger partial charge in [-0.25, -0.2) is 0 Å². The number of aliphatic hydroxyl groups excluding tert-OH is 1. The standard InChI is InChI=1S/C21H20N4O2/c1-14-3-5-16(6-4-14)11-25-15(2)9-20(23-25)19-10-17(12-26)7-8-18(19)21-22-13-27-24-21/h3-10,13,26H,11-12H2,1-2H3. The molecule has 0 spiro atoms. The Hall–Kier alpha value is -3.25. The molecule has 2 aromatic carbocycles. The van der Waals surface area contributed by atoms with Crippen LogP contribution in [0, 0.1) is 13.8 Å². The van der Waals surface area contributed by atoms with E-state index in [0.717, 1.165) is 28.1 Å². The molecular weight excluding hydrogens is 340 g/mol. The highest BCUT2D eigenvalue weighted by molar-refractivity contribution is 5.79. The molecule has 1 N–H and O–H groups in total. The Bertz CT molecular complexity index is 1050. The molecule has 0 saturated heterocycles. The predicted octanol–water partition coefficient (Wildman–Crippen LogP) is 3.76. The van der Waals surface area contributed by atoms with Crippen LogP contribution < -0.4 is 0 Å². The van der Waals surface area contributed by atoms with Gasteiger partial charge in [-0.15, -0.1) is 0 Å². The van der Waals surface area contributed by atoms with Crippen molar-refractivity contribution in [2.24, 2.45) is 0 Å². The average molecular weight is 360 g/mol. The summed E-state index contributed by atoms with van der Waals surface area (Å²) in [7, 11) is 0. The van der Waals surface area contributed by atoms with Crippen molar-refractivity contribution in [3.63, 3.8) is 0 Å². The van der Waals surface area contributed by atoms with E-state index in [0.29, 0.717) is 12.4 Å². The normalized spacial score (nSPS) is 11.1. The molecule has 0 aliphatic heterocycles. The Morgan fingerprint density at radius 2 is 1.74 bits per heavy atom. The second-order valence-electron chi connectivity index (χ2n) is 6.61. The molecule has 0 bridgehead atoms. The second-order valence-corrected chi connectivity index (χ2v) is 6.61. The largest absolute Gasteiger partial charge is 0.392 e. The van der Waals surface area contributed by atoms with Gasteiger partial charge < -0.3 is 9.63 Å². The zero-order chi connectivity index (χ0) is 18.8. The molecule has 0 aliphatic rings. The number of hydrogen-bond donors (Lipinski definition) is 1. The van der Waals surface area contributed by atoms with E-state index in [2.05, 4.69) is 41.3 Å². The highest BCUT2D eigenvalue weighted by Crippen LogP contribution is 2.31. The molecule has 0 aliphatic carbocycles. The molecule has 0 unspecified atom stereocenters. The maximum Gasteiger partial charge on any atom is 0.214 e. The number of benzene rings is 2. The Morgan fingerprint density at radius 3 is 2.44 bits per heavy atom. The van der Waals surface area contributed by atoms with Crippen LogP contribution in [0.2, 0.25) is 0 Å². The highest BCUT2D eigenvalue weighted by Gasteiger charge is 2.16. The van der Waals surface area contributed by atoms with Crippen molar-refractivity contribution in [3.8, 4) is 22.6 Å². The SMILES string of the molecule is Cc1ccc(Cn2nc(-c3cc(CO)ccc3-c3ncon3)cc2C)cc1. The zero-order valence-corrected chi connectivity index (χ0v) is 15.3. The third-order valence-corrected chi connectivity index (χ3v) is 4.58. The smallest absolute Gasteiger partial charge is 0.214 e. The molecule has 136 valence electrons. The minimum Gasteiger partial charge on any atom is -0.392 e. The fraction of sp³-hybridized carbons (Fsp3) is 0.190. The fourth-order valence-corrected chi connectivity index (χ4v) is 3.05. The number of hydrogen-bond acceptors (Lipinski definition) is 5. The summed E-state index contributed by atoms with van der Waals surface area (Å²) in [5.74, 6) is 0.500. The zero-order valence-electron chi connectivity index (χ0n) is 15.3. The van der Waals surface area contributed by atoms with Gasteiger partial charge in [0.05, 0.1) is 18.8 Å².